The molecule has 0 radical (unpaired) electrons. The van der Waals surface area contributed by atoms with Gasteiger partial charge < -0.3 is 15.1 Å². The van der Waals surface area contributed by atoms with Gasteiger partial charge in [-0.2, -0.15) is 0 Å². The van der Waals surface area contributed by atoms with Gasteiger partial charge in [0.1, 0.15) is 0 Å². The van der Waals surface area contributed by atoms with Gasteiger partial charge in [-0.1, -0.05) is 13.3 Å². The maximum Gasteiger partial charge on any atom is 0.307 e. The third kappa shape index (κ3) is 2.76. The molecular formula is C14H23NO4. The number of aliphatic hydroxyl groups excluding tert-OH is 1. The molecule has 5 heteroatoms. The third-order valence-electron chi connectivity index (χ3n) is 4.74. The first kappa shape index (κ1) is 14.3. The number of carboxylic acids is 1. The molecule has 0 aromatic heterocycles. The Bertz CT molecular complexity index is 357. The van der Waals surface area contributed by atoms with Gasteiger partial charge in [0.05, 0.1) is 24.5 Å². The van der Waals surface area contributed by atoms with Crippen LogP contribution in [0.15, 0.2) is 0 Å². The van der Waals surface area contributed by atoms with Gasteiger partial charge in [-0.25, -0.2) is 0 Å². The summed E-state index contributed by atoms with van der Waals surface area (Å²) in [6.07, 6.45) is 3.94. The minimum atomic E-state index is -0.853. The van der Waals surface area contributed by atoms with E-state index < -0.39 is 17.8 Å². The summed E-state index contributed by atoms with van der Waals surface area (Å²) in [5.41, 5.74) is 0. The van der Waals surface area contributed by atoms with E-state index in [0.717, 1.165) is 19.3 Å². The first-order valence-electron chi connectivity index (χ1n) is 7.22. The van der Waals surface area contributed by atoms with E-state index in [2.05, 4.69) is 0 Å². The second-order valence-corrected chi connectivity index (χ2v) is 5.81. The third-order valence-corrected chi connectivity index (χ3v) is 4.74. The number of amides is 1. The van der Waals surface area contributed by atoms with Crippen LogP contribution in [0.5, 0.6) is 0 Å². The highest BCUT2D eigenvalue weighted by molar-refractivity contribution is 5.85. The SMILES string of the molecule is CCC1C[C@H](C(=O)N2CCCC2CO)[C@H](C(=O)O)C1. The summed E-state index contributed by atoms with van der Waals surface area (Å²) in [6, 6.07) is -0.109. The summed E-state index contributed by atoms with van der Waals surface area (Å²) in [4.78, 5) is 25.6. The van der Waals surface area contributed by atoms with Crippen LogP contribution in [0.1, 0.15) is 39.0 Å². The van der Waals surface area contributed by atoms with Crippen molar-refractivity contribution in [1.29, 1.82) is 0 Å². The molecule has 2 aliphatic rings. The largest absolute Gasteiger partial charge is 0.481 e. The second-order valence-electron chi connectivity index (χ2n) is 5.81. The van der Waals surface area contributed by atoms with Crippen molar-refractivity contribution in [3.05, 3.63) is 0 Å². The Hall–Kier alpha value is -1.10. The minimum Gasteiger partial charge on any atom is -0.481 e. The van der Waals surface area contributed by atoms with Crippen molar-refractivity contribution in [3.63, 3.8) is 0 Å². The number of aliphatic hydroxyl groups is 1. The average Bonchev–Trinajstić information content (AvgIpc) is 3.03. The number of hydrogen-bond acceptors (Lipinski definition) is 3. The molecule has 0 aromatic rings. The van der Waals surface area contributed by atoms with Crippen molar-refractivity contribution < 1.29 is 19.8 Å². The van der Waals surface area contributed by atoms with E-state index in [1.807, 2.05) is 6.92 Å². The fourth-order valence-corrected chi connectivity index (χ4v) is 3.55. The lowest BCUT2D eigenvalue weighted by Gasteiger charge is -2.27. The van der Waals surface area contributed by atoms with Crippen molar-refractivity contribution in [3.8, 4) is 0 Å². The first-order valence-corrected chi connectivity index (χ1v) is 7.22. The van der Waals surface area contributed by atoms with E-state index in [9.17, 15) is 19.8 Å². The van der Waals surface area contributed by atoms with E-state index in [1.54, 1.807) is 4.90 Å². The monoisotopic (exact) mass is 269 g/mol. The van der Waals surface area contributed by atoms with Crippen molar-refractivity contribution in [2.24, 2.45) is 17.8 Å². The van der Waals surface area contributed by atoms with Crippen LogP contribution < -0.4 is 0 Å². The summed E-state index contributed by atoms with van der Waals surface area (Å²) in [6.45, 7) is 2.68. The number of aliphatic carboxylic acids is 1. The molecule has 1 saturated heterocycles. The molecule has 5 nitrogen and oxygen atoms in total. The first-order chi connectivity index (χ1) is 9.08. The van der Waals surface area contributed by atoms with Crippen molar-refractivity contribution in [1.82, 2.24) is 4.90 Å². The molecule has 1 amide bonds. The fourth-order valence-electron chi connectivity index (χ4n) is 3.55. The van der Waals surface area contributed by atoms with Gasteiger partial charge in [-0.05, 0) is 31.6 Å². The summed E-state index contributed by atoms with van der Waals surface area (Å²) in [5, 5.41) is 18.6. The van der Waals surface area contributed by atoms with Crippen LogP contribution in [-0.4, -0.2) is 46.2 Å². The molecule has 1 aliphatic carbocycles. The zero-order chi connectivity index (χ0) is 14.0. The van der Waals surface area contributed by atoms with Gasteiger partial charge in [0.25, 0.3) is 0 Å². The normalized spacial score (nSPS) is 34.7. The molecule has 2 unspecified atom stereocenters. The van der Waals surface area contributed by atoms with Gasteiger partial charge in [0.15, 0.2) is 0 Å². The molecule has 2 N–H and O–H groups in total. The smallest absolute Gasteiger partial charge is 0.307 e. The van der Waals surface area contributed by atoms with E-state index >= 15 is 0 Å². The Balaban J connectivity index is 2.10. The molecule has 19 heavy (non-hydrogen) atoms. The maximum atomic E-state index is 12.5. The van der Waals surface area contributed by atoms with Gasteiger partial charge in [-0.15, -0.1) is 0 Å². The Kier molecular flexibility index (Phi) is 4.45. The molecule has 2 fully saturated rings. The number of carboxylic acid groups (broad SMARTS) is 1. The zero-order valence-corrected chi connectivity index (χ0v) is 11.4. The lowest BCUT2D eigenvalue weighted by atomic mass is 9.94. The highest BCUT2D eigenvalue weighted by Crippen LogP contribution is 2.40. The predicted molar refractivity (Wildman–Crippen MR) is 69.5 cm³/mol. The number of carbonyl (C=O) groups is 2. The standard InChI is InChI=1S/C14H23NO4/c1-2-9-6-11(12(7-9)14(18)19)13(17)15-5-3-4-10(15)8-16/h9-12,16H,2-8H2,1H3,(H,18,19)/t9?,10?,11-,12+/m0/s1. The summed E-state index contributed by atoms with van der Waals surface area (Å²) < 4.78 is 0. The molecule has 1 heterocycles. The molecule has 0 spiro atoms. The molecule has 0 aromatic carbocycles. The van der Waals surface area contributed by atoms with Crippen LogP contribution in [0.25, 0.3) is 0 Å². The van der Waals surface area contributed by atoms with Crippen LogP contribution in [0.3, 0.4) is 0 Å². The highest BCUT2D eigenvalue weighted by atomic mass is 16.4. The highest BCUT2D eigenvalue weighted by Gasteiger charge is 2.45. The summed E-state index contributed by atoms with van der Waals surface area (Å²) in [7, 11) is 0. The van der Waals surface area contributed by atoms with E-state index in [-0.39, 0.29) is 18.6 Å². The number of carbonyl (C=O) groups excluding carboxylic acids is 1. The number of rotatable bonds is 4. The van der Waals surface area contributed by atoms with Gasteiger partial charge in [-0.3, -0.25) is 9.59 Å². The Morgan fingerprint density at radius 1 is 1.26 bits per heavy atom. The quantitative estimate of drug-likeness (QED) is 0.801. The Labute approximate surface area is 113 Å². The number of nitrogens with zero attached hydrogens (tertiary/aromatic N) is 1. The topological polar surface area (TPSA) is 77.8 Å². The van der Waals surface area contributed by atoms with Crippen LogP contribution in [0, 0.1) is 17.8 Å². The molecule has 2 rings (SSSR count). The number of likely N-dealkylation sites (tertiary alicyclic amines) is 1. The van der Waals surface area contributed by atoms with Crippen LogP contribution in [-0.2, 0) is 9.59 Å². The van der Waals surface area contributed by atoms with Gasteiger partial charge in [0.2, 0.25) is 5.91 Å². The van der Waals surface area contributed by atoms with Crippen molar-refractivity contribution >= 4 is 11.9 Å². The molecule has 108 valence electrons. The molecule has 1 aliphatic heterocycles. The number of hydrogen-bond donors (Lipinski definition) is 2. The zero-order valence-electron chi connectivity index (χ0n) is 11.4. The Morgan fingerprint density at radius 2 is 1.95 bits per heavy atom. The minimum absolute atomic E-state index is 0.0204. The second kappa shape index (κ2) is 5.90. The maximum absolute atomic E-state index is 12.5. The van der Waals surface area contributed by atoms with Crippen molar-refractivity contribution in [2.75, 3.05) is 13.2 Å². The van der Waals surface area contributed by atoms with Crippen LogP contribution in [0.2, 0.25) is 0 Å². The van der Waals surface area contributed by atoms with Crippen LogP contribution >= 0.6 is 0 Å². The van der Waals surface area contributed by atoms with Gasteiger partial charge in [0, 0.05) is 6.54 Å². The fraction of sp³-hybridized carbons (Fsp3) is 0.857. The van der Waals surface area contributed by atoms with E-state index in [4.69, 9.17) is 0 Å². The van der Waals surface area contributed by atoms with E-state index in [1.165, 1.54) is 0 Å². The summed E-state index contributed by atoms with van der Waals surface area (Å²) in [5.74, 6) is -1.51. The molecular weight excluding hydrogens is 246 g/mol. The molecule has 4 atom stereocenters. The predicted octanol–water partition coefficient (Wildman–Crippen LogP) is 1.11. The summed E-state index contributed by atoms with van der Waals surface area (Å²) >= 11 is 0. The Morgan fingerprint density at radius 3 is 2.53 bits per heavy atom. The lowest BCUT2D eigenvalue weighted by molar-refractivity contribution is -0.149. The average molecular weight is 269 g/mol. The van der Waals surface area contributed by atoms with E-state index in [0.29, 0.717) is 25.3 Å². The van der Waals surface area contributed by atoms with Crippen molar-refractivity contribution in [2.45, 2.75) is 45.1 Å². The lowest BCUT2D eigenvalue weighted by Crippen LogP contribution is -2.43. The molecule has 1 saturated carbocycles. The van der Waals surface area contributed by atoms with Gasteiger partial charge >= 0.3 is 5.97 Å². The van der Waals surface area contributed by atoms with Crippen LogP contribution in [0.4, 0.5) is 0 Å². The molecule has 0 bridgehead atoms.